The van der Waals surface area contributed by atoms with Crippen LogP contribution >= 0.6 is 0 Å². The maximum Gasteiger partial charge on any atom is 0.426 e. The summed E-state index contributed by atoms with van der Waals surface area (Å²) in [5.74, 6) is 0.365. The van der Waals surface area contributed by atoms with Crippen LogP contribution < -0.4 is 0 Å². The third-order valence-corrected chi connectivity index (χ3v) is 6.94. The fraction of sp³-hybridized carbons (Fsp3) is 0.591. The number of aryl methyl sites for hydroxylation is 1. The summed E-state index contributed by atoms with van der Waals surface area (Å²) in [5.41, 5.74) is -1.45. The summed E-state index contributed by atoms with van der Waals surface area (Å²) in [4.78, 5) is 16.9. The van der Waals surface area contributed by atoms with Crippen molar-refractivity contribution in [3.05, 3.63) is 35.7 Å². The SMILES string of the molecule is Cc1ccc(-c2nnc(C3([C@H]4CCN(C(=O)C(C)(O)C(F)(F)F)C[C@H]4C)CC3)[nH]2)cc1. The third-order valence-electron chi connectivity index (χ3n) is 6.94. The van der Waals surface area contributed by atoms with E-state index in [2.05, 4.69) is 15.2 Å². The molecule has 1 aromatic carbocycles. The number of aromatic nitrogens is 3. The first kappa shape index (κ1) is 21.8. The predicted octanol–water partition coefficient (Wildman–Crippen LogP) is 3.61. The van der Waals surface area contributed by atoms with E-state index in [1.807, 2.05) is 38.1 Å². The quantitative estimate of drug-likeness (QED) is 0.767. The molecule has 2 aliphatic rings. The van der Waals surface area contributed by atoms with Crippen LogP contribution in [-0.2, 0) is 10.2 Å². The van der Waals surface area contributed by atoms with E-state index >= 15 is 0 Å². The van der Waals surface area contributed by atoms with E-state index in [1.54, 1.807) is 0 Å². The van der Waals surface area contributed by atoms with Crippen LogP contribution in [0.4, 0.5) is 13.2 Å². The third kappa shape index (κ3) is 3.73. The molecular weight excluding hydrogens is 409 g/mol. The van der Waals surface area contributed by atoms with Crippen molar-refractivity contribution in [1.82, 2.24) is 20.1 Å². The Bertz CT molecular complexity index is 964. The van der Waals surface area contributed by atoms with E-state index < -0.39 is 17.7 Å². The van der Waals surface area contributed by atoms with Gasteiger partial charge < -0.3 is 15.0 Å². The van der Waals surface area contributed by atoms with E-state index in [-0.39, 0.29) is 30.3 Å². The minimum absolute atomic E-state index is 0.0304. The number of aromatic amines is 1. The van der Waals surface area contributed by atoms with Gasteiger partial charge in [0, 0.05) is 24.1 Å². The number of amides is 1. The van der Waals surface area contributed by atoms with Gasteiger partial charge in [0.25, 0.3) is 5.91 Å². The van der Waals surface area contributed by atoms with Gasteiger partial charge in [0.2, 0.25) is 5.60 Å². The Kier molecular flexibility index (Phi) is 5.15. The molecule has 1 saturated carbocycles. The Hall–Kier alpha value is -2.42. The molecule has 1 aliphatic heterocycles. The molecule has 1 aliphatic carbocycles. The van der Waals surface area contributed by atoms with Crippen molar-refractivity contribution in [2.24, 2.45) is 11.8 Å². The van der Waals surface area contributed by atoms with E-state index in [0.717, 1.165) is 34.7 Å². The zero-order valence-electron chi connectivity index (χ0n) is 17.8. The lowest BCUT2D eigenvalue weighted by Crippen LogP contribution is -2.59. The molecule has 3 atom stereocenters. The molecule has 4 rings (SSSR count). The number of halogens is 3. The molecule has 168 valence electrons. The van der Waals surface area contributed by atoms with Crippen molar-refractivity contribution in [3.8, 4) is 11.4 Å². The molecule has 2 fully saturated rings. The highest BCUT2D eigenvalue weighted by molar-refractivity contribution is 5.85. The second-order valence-corrected chi connectivity index (χ2v) is 9.24. The topological polar surface area (TPSA) is 82.1 Å². The van der Waals surface area contributed by atoms with Crippen LogP contribution in [0.5, 0.6) is 0 Å². The first-order valence-corrected chi connectivity index (χ1v) is 10.5. The summed E-state index contributed by atoms with van der Waals surface area (Å²) in [5, 5.41) is 18.5. The molecule has 1 saturated heterocycles. The Morgan fingerprint density at radius 2 is 1.87 bits per heavy atom. The van der Waals surface area contributed by atoms with Crippen LogP contribution in [0.15, 0.2) is 24.3 Å². The zero-order chi connectivity index (χ0) is 22.6. The van der Waals surface area contributed by atoms with Gasteiger partial charge in [0.15, 0.2) is 5.82 Å². The summed E-state index contributed by atoms with van der Waals surface area (Å²) in [6.07, 6.45) is -2.59. The van der Waals surface area contributed by atoms with Crippen molar-refractivity contribution in [1.29, 1.82) is 0 Å². The standard InChI is InChI=1S/C22H27F3N4O2/c1-13-4-6-15(7-5-13)17-26-18(28-27-17)21(9-10-21)16-8-11-29(12-14(16)2)19(30)20(3,31)22(23,24)25/h4-7,14,16,31H,8-12H2,1-3H3,(H,26,27,28)/t14-,16+,20?/m1/s1. The lowest BCUT2D eigenvalue weighted by Gasteiger charge is -2.42. The normalized spacial score (nSPS) is 25.2. The number of aliphatic hydroxyl groups is 1. The number of rotatable bonds is 4. The summed E-state index contributed by atoms with van der Waals surface area (Å²) in [6, 6.07) is 7.99. The van der Waals surface area contributed by atoms with E-state index in [4.69, 9.17) is 0 Å². The maximum absolute atomic E-state index is 13.1. The van der Waals surface area contributed by atoms with Gasteiger partial charge in [-0.15, -0.1) is 10.2 Å². The maximum atomic E-state index is 13.1. The van der Waals surface area contributed by atoms with E-state index in [0.29, 0.717) is 19.2 Å². The van der Waals surface area contributed by atoms with Gasteiger partial charge in [-0.25, -0.2) is 0 Å². The number of carbonyl (C=O) groups is 1. The van der Waals surface area contributed by atoms with Gasteiger partial charge in [-0.1, -0.05) is 36.8 Å². The lowest BCUT2D eigenvalue weighted by atomic mass is 9.74. The van der Waals surface area contributed by atoms with Crippen molar-refractivity contribution in [2.75, 3.05) is 13.1 Å². The van der Waals surface area contributed by atoms with Gasteiger partial charge >= 0.3 is 6.18 Å². The summed E-state index contributed by atoms with van der Waals surface area (Å²) < 4.78 is 39.2. The Morgan fingerprint density at radius 1 is 1.23 bits per heavy atom. The monoisotopic (exact) mass is 436 g/mol. The Morgan fingerprint density at radius 3 is 2.42 bits per heavy atom. The molecule has 9 heteroatoms. The van der Waals surface area contributed by atoms with Crippen LogP contribution in [0.2, 0.25) is 0 Å². The minimum Gasteiger partial charge on any atom is -0.373 e. The Balaban J connectivity index is 1.49. The van der Waals surface area contributed by atoms with E-state index in [9.17, 15) is 23.1 Å². The minimum atomic E-state index is -5.01. The smallest absolute Gasteiger partial charge is 0.373 e. The van der Waals surface area contributed by atoms with Crippen molar-refractivity contribution in [3.63, 3.8) is 0 Å². The molecule has 0 radical (unpaired) electrons. The number of H-pyrrole nitrogens is 1. The first-order valence-electron chi connectivity index (χ1n) is 10.5. The largest absolute Gasteiger partial charge is 0.426 e. The number of likely N-dealkylation sites (tertiary alicyclic amines) is 1. The number of carbonyl (C=O) groups excluding carboxylic acids is 1. The molecular formula is C22H27F3N4O2. The molecule has 0 spiro atoms. The number of nitrogens with zero attached hydrogens (tertiary/aromatic N) is 3. The number of benzene rings is 1. The second-order valence-electron chi connectivity index (χ2n) is 9.24. The van der Waals surface area contributed by atoms with E-state index in [1.165, 1.54) is 0 Å². The molecule has 2 N–H and O–H groups in total. The van der Waals surface area contributed by atoms with Crippen LogP contribution in [0.25, 0.3) is 11.4 Å². The highest BCUT2D eigenvalue weighted by Crippen LogP contribution is 2.57. The average molecular weight is 436 g/mol. The fourth-order valence-corrected chi connectivity index (χ4v) is 4.83. The van der Waals surface area contributed by atoms with Gasteiger partial charge in [0.05, 0.1) is 0 Å². The molecule has 1 amide bonds. The molecule has 31 heavy (non-hydrogen) atoms. The Labute approximate surface area is 178 Å². The van der Waals surface area contributed by atoms with Gasteiger partial charge in [0.1, 0.15) is 5.82 Å². The van der Waals surface area contributed by atoms with Crippen LogP contribution in [0.3, 0.4) is 0 Å². The van der Waals surface area contributed by atoms with Gasteiger partial charge in [-0.05, 0) is 44.9 Å². The van der Waals surface area contributed by atoms with Crippen LogP contribution in [-0.4, -0.2) is 56.0 Å². The molecule has 6 nitrogen and oxygen atoms in total. The van der Waals surface area contributed by atoms with Crippen molar-refractivity contribution < 1.29 is 23.1 Å². The highest BCUT2D eigenvalue weighted by Gasteiger charge is 2.59. The zero-order valence-corrected chi connectivity index (χ0v) is 17.8. The number of piperidine rings is 1. The molecule has 1 unspecified atom stereocenters. The lowest BCUT2D eigenvalue weighted by molar-refractivity contribution is -0.251. The summed E-state index contributed by atoms with van der Waals surface area (Å²) in [6.45, 7) is 4.85. The molecule has 2 heterocycles. The second kappa shape index (κ2) is 7.32. The van der Waals surface area contributed by atoms with Crippen LogP contribution in [0.1, 0.15) is 44.5 Å². The van der Waals surface area contributed by atoms with Gasteiger partial charge in [-0.2, -0.15) is 13.2 Å². The average Bonchev–Trinajstić information content (AvgIpc) is 3.35. The number of hydrogen-bond donors (Lipinski definition) is 2. The first-order chi connectivity index (χ1) is 14.5. The van der Waals surface area contributed by atoms with Gasteiger partial charge in [-0.3, -0.25) is 4.79 Å². The number of alkyl halides is 3. The van der Waals surface area contributed by atoms with Crippen molar-refractivity contribution >= 4 is 5.91 Å². The number of nitrogens with one attached hydrogen (secondary N) is 1. The highest BCUT2D eigenvalue weighted by atomic mass is 19.4. The van der Waals surface area contributed by atoms with Crippen LogP contribution in [0, 0.1) is 18.8 Å². The molecule has 1 aromatic heterocycles. The molecule has 0 bridgehead atoms. The summed E-state index contributed by atoms with van der Waals surface area (Å²) >= 11 is 0. The van der Waals surface area contributed by atoms with Crippen molar-refractivity contribution in [2.45, 2.75) is 57.2 Å². The number of hydrogen-bond acceptors (Lipinski definition) is 4. The summed E-state index contributed by atoms with van der Waals surface area (Å²) in [7, 11) is 0. The molecule has 2 aromatic rings. The predicted molar refractivity (Wildman–Crippen MR) is 108 cm³/mol. The fourth-order valence-electron chi connectivity index (χ4n) is 4.83.